The lowest BCUT2D eigenvalue weighted by atomic mass is 10.2. The first-order valence-corrected chi connectivity index (χ1v) is 9.15. The van der Waals surface area contributed by atoms with Crippen LogP contribution in [-0.4, -0.2) is 10.9 Å². The molecule has 3 heterocycles. The number of nitrogens with one attached hydrogen (secondary N) is 2. The molecule has 0 radical (unpaired) electrons. The van der Waals surface area contributed by atoms with Crippen molar-refractivity contribution in [1.29, 1.82) is 0 Å². The van der Waals surface area contributed by atoms with E-state index in [4.69, 9.17) is 11.8 Å². The van der Waals surface area contributed by atoms with Gasteiger partial charge in [-0.25, -0.2) is 4.98 Å². The smallest absolute Gasteiger partial charge is 0.269 e. The van der Waals surface area contributed by atoms with Crippen LogP contribution >= 0.6 is 29.1 Å². The molecular weight excluding hydrogens is 281 g/mol. The van der Waals surface area contributed by atoms with Gasteiger partial charge in [-0.05, 0) is 23.9 Å². The van der Waals surface area contributed by atoms with Crippen molar-refractivity contribution in [1.82, 2.24) is 10.1 Å². The summed E-state index contributed by atoms with van der Waals surface area (Å²) in [5, 5.41) is 6.74. The number of thiol groups is 1. The largest absolute Gasteiger partial charge is 0.332 e. The van der Waals surface area contributed by atoms with Gasteiger partial charge >= 0.3 is 0 Å². The number of anilines is 1. The fourth-order valence-corrected chi connectivity index (χ4v) is 4.79. The van der Waals surface area contributed by atoms with Crippen molar-refractivity contribution in [3.8, 4) is 0 Å². The Bertz CT molecular complexity index is 653. The summed E-state index contributed by atoms with van der Waals surface area (Å²) in [6.45, 7) is 0. The Morgan fingerprint density at radius 3 is 3.12 bits per heavy atom. The van der Waals surface area contributed by atoms with Crippen LogP contribution in [-0.2, 0) is 11.8 Å². The van der Waals surface area contributed by atoms with Crippen LogP contribution in [0.1, 0.15) is 9.67 Å². The molecule has 2 aromatic rings. The zero-order chi connectivity index (χ0) is 11.3. The third-order valence-electron chi connectivity index (χ3n) is 2.19. The van der Waals surface area contributed by atoms with E-state index in [0.29, 0.717) is 4.88 Å². The Hall–Kier alpha value is -0.620. The predicted octanol–water partition coefficient (Wildman–Crippen LogP) is 2.61. The molecule has 0 bridgehead atoms. The Labute approximate surface area is 106 Å². The molecule has 8 heteroatoms. The monoisotopic (exact) mass is 287 g/mol. The van der Waals surface area contributed by atoms with Crippen molar-refractivity contribution in [2.45, 2.75) is 0 Å². The minimum atomic E-state index is -2.29. The SMILES string of the molecule is O=C1NP(=S)(S)Nc2c1sc1ncccc21. The Morgan fingerprint density at radius 1 is 1.50 bits per heavy atom. The first-order chi connectivity index (χ1) is 7.57. The van der Waals surface area contributed by atoms with Gasteiger partial charge in [0.25, 0.3) is 5.91 Å². The third kappa shape index (κ3) is 1.55. The number of carbonyl (C=O) groups excluding carboxylic acids is 1. The summed E-state index contributed by atoms with van der Waals surface area (Å²) in [5.41, 5.74) is -1.52. The zero-order valence-corrected chi connectivity index (χ0v) is 11.2. The molecule has 2 N–H and O–H groups in total. The number of hydrogen-bond acceptors (Lipinski definition) is 4. The highest BCUT2D eigenvalue weighted by molar-refractivity contribution is 8.63. The molecule has 1 amide bonds. The van der Waals surface area contributed by atoms with Gasteiger partial charge in [0.1, 0.15) is 9.71 Å². The summed E-state index contributed by atoms with van der Waals surface area (Å²) in [4.78, 5) is 17.5. The van der Waals surface area contributed by atoms with Crippen molar-refractivity contribution >= 4 is 62.7 Å². The van der Waals surface area contributed by atoms with E-state index in [1.807, 2.05) is 12.1 Å². The fraction of sp³-hybridized carbons (Fsp3) is 0. The first kappa shape index (κ1) is 10.5. The molecular formula is C8H6N3OPS3. The van der Waals surface area contributed by atoms with Crippen molar-refractivity contribution < 1.29 is 4.79 Å². The van der Waals surface area contributed by atoms with Gasteiger partial charge in [0.05, 0.1) is 5.69 Å². The van der Waals surface area contributed by atoms with Crippen molar-refractivity contribution in [3.05, 3.63) is 23.2 Å². The third-order valence-corrected chi connectivity index (χ3v) is 5.48. The molecule has 16 heavy (non-hydrogen) atoms. The van der Waals surface area contributed by atoms with E-state index in [0.717, 1.165) is 15.9 Å². The van der Waals surface area contributed by atoms with Crippen molar-refractivity contribution in [3.63, 3.8) is 0 Å². The van der Waals surface area contributed by atoms with Gasteiger partial charge in [-0.2, -0.15) is 0 Å². The molecule has 3 rings (SSSR count). The van der Waals surface area contributed by atoms with Crippen LogP contribution in [0, 0.1) is 0 Å². The van der Waals surface area contributed by atoms with Crippen molar-refractivity contribution in [2.75, 3.05) is 5.09 Å². The maximum absolute atomic E-state index is 11.8. The molecule has 0 aliphatic carbocycles. The van der Waals surface area contributed by atoms with E-state index < -0.39 is 5.54 Å². The van der Waals surface area contributed by atoms with Crippen LogP contribution in [0.3, 0.4) is 0 Å². The van der Waals surface area contributed by atoms with Crippen LogP contribution in [0.2, 0.25) is 0 Å². The molecule has 0 saturated carbocycles. The second-order valence-electron chi connectivity index (χ2n) is 3.29. The van der Waals surface area contributed by atoms with Crippen LogP contribution in [0.15, 0.2) is 18.3 Å². The molecule has 0 fully saturated rings. The van der Waals surface area contributed by atoms with Gasteiger partial charge in [0.15, 0.2) is 5.54 Å². The lowest BCUT2D eigenvalue weighted by Gasteiger charge is -2.24. The summed E-state index contributed by atoms with van der Waals surface area (Å²) >= 11 is 10.8. The highest BCUT2D eigenvalue weighted by Gasteiger charge is 2.29. The zero-order valence-electron chi connectivity index (χ0n) is 7.80. The highest BCUT2D eigenvalue weighted by atomic mass is 32.9. The molecule has 1 aliphatic heterocycles. The number of amides is 1. The predicted molar refractivity (Wildman–Crippen MR) is 74.0 cm³/mol. The second kappa shape index (κ2) is 3.43. The van der Waals surface area contributed by atoms with Gasteiger partial charge in [0.2, 0.25) is 0 Å². The normalized spacial score (nSPS) is 23.7. The second-order valence-corrected chi connectivity index (χ2v) is 10.1. The summed E-state index contributed by atoms with van der Waals surface area (Å²) in [6.07, 6.45) is 1.71. The minimum absolute atomic E-state index is 0.157. The summed E-state index contributed by atoms with van der Waals surface area (Å²) in [7, 11) is 0. The standard InChI is InChI=1S/C8H6N3OPS3/c12-7-6-5(10-13(14,15)11-7)4-2-1-3-9-8(4)16-6/h1-3H,(H3,10,11,12,14,15). The number of nitrogens with zero attached hydrogens (tertiary/aromatic N) is 1. The number of thiophene rings is 1. The highest BCUT2D eigenvalue weighted by Crippen LogP contribution is 2.53. The number of hydrogen-bond donors (Lipinski definition) is 3. The first-order valence-electron chi connectivity index (χ1n) is 4.38. The average molecular weight is 287 g/mol. The number of fused-ring (bicyclic) bond motifs is 3. The van der Waals surface area contributed by atoms with Crippen LogP contribution in [0.25, 0.3) is 10.2 Å². The maximum Gasteiger partial charge on any atom is 0.269 e. The Balaban J connectivity index is 2.34. The molecule has 0 saturated heterocycles. The van der Waals surface area contributed by atoms with E-state index in [-0.39, 0.29) is 5.91 Å². The van der Waals surface area contributed by atoms with E-state index in [2.05, 4.69) is 27.4 Å². The van der Waals surface area contributed by atoms with E-state index in [9.17, 15) is 4.79 Å². The molecule has 1 unspecified atom stereocenters. The van der Waals surface area contributed by atoms with Gasteiger partial charge < -0.3 is 5.09 Å². The summed E-state index contributed by atoms with van der Waals surface area (Å²) in [6, 6.07) is 3.76. The Kier molecular flexibility index (Phi) is 2.26. The number of pyridine rings is 1. The van der Waals surface area contributed by atoms with E-state index in [1.165, 1.54) is 11.3 Å². The van der Waals surface area contributed by atoms with E-state index >= 15 is 0 Å². The maximum atomic E-state index is 11.8. The number of carbonyl (C=O) groups is 1. The summed E-state index contributed by atoms with van der Waals surface area (Å²) in [5.74, 6) is -0.157. The van der Waals surface area contributed by atoms with Gasteiger partial charge in [-0.1, -0.05) is 0 Å². The fourth-order valence-electron chi connectivity index (χ4n) is 1.57. The minimum Gasteiger partial charge on any atom is -0.332 e. The average Bonchev–Trinajstić information content (AvgIpc) is 2.56. The molecule has 1 aliphatic rings. The molecule has 2 aromatic heterocycles. The lowest BCUT2D eigenvalue weighted by molar-refractivity contribution is 0.0986. The number of aromatic nitrogens is 1. The molecule has 0 aromatic carbocycles. The van der Waals surface area contributed by atoms with Gasteiger partial charge in [-0.3, -0.25) is 9.88 Å². The van der Waals surface area contributed by atoms with Gasteiger partial charge in [-0.15, -0.1) is 23.6 Å². The quantitative estimate of drug-likeness (QED) is 0.515. The molecule has 82 valence electrons. The summed E-state index contributed by atoms with van der Waals surface area (Å²) < 4.78 is 0. The number of rotatable bonds is 0. The molecule has 0 spiro atoms. The van der Waals surface area contributed by atoms with Crippen LogP contribution in [0.4, 0.5) is 5.69 Å². The van der Waals surface area contributed by atoms with E-state index in [1.54, 1.807) is 6.20 Å². The van der Waals surface area contributed by atoms with Crippen molar-refractivity contribution in [2.24, 2.45) is 0 Å². The molecule has 4 nitrogen and oxygen atoms in total. The van der Waals surface area contributed by atoms with Gasteiger partial charge in [0, 0.05) is 11.6 Å². The lowest BCUT2D eigenvalue weighted by Crippen LogP contribution is -2.25. The van der Waals surface area contributed by atoms with Crippen LogP contribution in [0.5, 0.6) is 0 Å². The Morgan fingerprint density at radius 2 is 2.31 bits per heavy atom. The molecule has 1 atom stereocenters. The topological polar surface area (TPSA) is 54.0 Å². The van der Waals surface area contributed by atoms with Crippen LogP contribution < -0.4 is 10.2 Å².